The summed E-state index contributed by atoms with van der Waals surface area (Å²) in [7, 11) is 0. The summed E-state index contributed by atoms with van der Waals surface area (Å²) in [4.78, 5) is 11.9. The van der Waals surface area contributed by atoms with Gasteiger partial charge in [0, 0.05) is 9.68 Å². The van der Waals surface area contributed by atoms with Crippen molar-refractivity contribution in [3.8, 4) is 0 Å². The quantitative estimate of drug-likeness (QED) is 0.718. The number of carbonyl (C=O) groups is 1. The molecule has 0 saturated carbocycles. The van der Waals surface area contributed by atoms with Crippen molar-refractivity contribution in [1.29, 1.82) is 0 Å². The molecule has 0 fully saturated rings. The average Bonchev–Trinajstić information content (AvgIpc) is 2.14. The molecule has 1 aromatic rings. The van der Waals surface area contributed by atoms with Gasteiger partial charge in [-0.15, -0.1) is 0 Å². The number of likely N-dealkylation sites (N-methyl/N-ethyl adjacent to an activating group) is 1. The van der Waals surface area contributed by atoms with Crippen LogP contribution in [0.4, 0.5) is 0 Å². The van der Waals surface area contributed by atoms with E-state index >= 15 is 0 Å². The molecule has 0 heterocycles. The Balaban J connectivity index is 2.78. The molecule has 0 aliphatic carbocycles. The monoisotopic (exact) mass is 180 g/mol. The van der Waals surface area contributed by atoms with Crippen LogP contribution in [0.5, 0.6) is 0 Å². The predicted molar refractivity (Wildman–Crippen MR) is 54.0 cm³/mol. The molecule has 1 rings (SSSR count). The Bertz CT molecular complexity index is 387. The van der Waals surface area contributed by atoms with Crippen LogP contribution in [-0.4, -0.2) is 18.8 Å². The van der Waals surface area contributed by atoms with Gasteiger partial charge < -0.3 is 5.32 Å². The Morgan fingerprint density at radius 2 is 2.38 bits per heavy atom. The second-order valence-corrected chi connectivity index (χ2v) is 3.10. The summed E-state index contributed by atoms with van der Waals surface area (Å²) >= 11 is 0. The topological polar surface area (TPSA) is 29.1 Å². The lowest BCUT2D eigenvalue weighted by atomic mass is 10.0. The SMILES string of the molecule is [2H]C([2H])([2H])NC(C)C(=O)c1cccc(C)c1. The summed E-state index contributed by atoms with van der Waals surface area (Å²) in [5.74, 6) is -0.208. The smallest absolute Gasteiger partial charge is 0.179 e. The van der Waals surface area contributed by atoms with Crippen LogP contribution in [0.1, 0.15) is 27.0 Å². The zero-order valence-electron chi connectivity index (χ0n) is 10.8. The van der Waals surface area contributed by atoms with E-state index in [2.05, 4.69) is 5.32 Å². The van der Waals surface area contributed by atoms with Crippen LogP contribution in [0.2, 0.25) is 0 Å². The molecule has 0 saturated heterocycles. The number of benzene rings is 1. The molecule has 0 aliphatic heterocycles. The van der Waals surface area contributed by atoms with E-state index in [4.69, 9.17) is 4.11 Å². The van der Waals surface area contributed by atoms with Gasteiger partial charge in [-0.3, -0.25) is 4.79 Å². The zero-order valence-corrected chi connectivity index (χ0v) is 7.79. The lowest BCUT2D eigenvalue weighted by Crippen LogP contribution is -2.30. The lowest BCUT2D eigenvalue weighted by molar-refractivity contribution is 0.0955. The van der Waals surface area contributed by atoms with Crippen LogP contribution in [0.3, 0.4) is 0 Å². The second-order valence-electron chi connectivity index (χ2n) is 3.10. The molecule has 2 heteroatoms. The molecule has 1 aromatic carbocycles. The number of ketones is 1. The fourth-order valence-corrected chi connectivity index (χ4v) is 1.11. The fourth-order valence-electron chi connectivity index (χ4n) is 1.11. The largest absolute Gasteiger partial charge is 0.310 e. The van der Waals surface area contributed by atoms with E-state index in [1.807, 2.05) is 13.0 Å². The highest BCUT2D eigenvalue weighted by Gasteiger charge is 2.12. The molecule has 0 aromatic heterocycles. The molecule has 0 radical (unpaired) electrons. The Hall–Kier alpha value is -1.15. The van der Waals surface area contributed by atoms with Gasteiger partial charge in [-0.2, -0.15) is 0 Å². The first-order valence-corrected chi connectivity index (χ1v) is 4.18. The van der Waals surface area contributed by atoms with Gasteiger partial charge in [-0.25, -0.2) is 0 Å². The highest BCUT2D eigenvalue weighted by molar-refractivity contribution is 5.99. The second kappa shape index (κ2) is 4.19. The van der Waals surface area contributed by atoms with Gasteiger partial charge in [0.15, 0.2) is 5.78 Å². The summed E-state index contributed by atoms with van der Waals surface area (Å²) in [5.41, 5.74) is 1.51. The number of carbonyl (C=O) groups excluding carboxylic acids is 1. The minimum Gasteiger partial charge on any atom is -0.310 e. The summed E-state index contributed by atoms with van der Waals surface area (Å²) < 4.78 is 21.1. The first kappa shape index (κ1) is 6.33. The molecule has 2 nitrogen and oxygen atoms in total. The molecule has 13 heavy (non-hydrogen) atoms. The van der Waals surface area contributed by atoms with E-state index in [0.29, 0.717) is 5.56 Å². The lowest BCUT2D eigenvalue weighted by Gasteiger charge is -2.08. The van der Waals surface area contributed by atoms with E-state index in [-0.39, 0.29) is 5.78 Å². The third-order valence-corrected chi connectivity index (χ3v) is 1.91. The first-order chi connectivity index (χ1) is 7.29. The van der Waals surface area contributed by atoms with Crippen LogP contribution in [0.25, 0.3) is 0 Å². The third kappa shape index (κ3) is 2.39. The van der Waals surface area contributed by atoms with E-state index in [9.17, 15) is 4.79 Å². The Morgan fingerprint density at radius 3 is 3.00 bits per heavy atom. The molecule has 0 spiro atoms. The molecule has 0 aliphatic rings. The van der Waals surface area contributed by atoms with Crippen LogP contribution in [-0.2, 0) is 0 Å². The summed E-state index contributed by atoms with van der Waals surface area (Å²) in [6.45, 7) is 1.15. The van der Waals surface area contributed by atoms with Gasteiger partial charge in [0.05, 0.1) is 6.04 Å². The van der Waals surface area contributed by atoms with Crippen LogP contribution < -0.4 is 5.32 Å². The molecule has 0 bridgehead atoms. The van der Waals surface area contributed by atoms with Crippen molar-refractivity contribution in [2.24, 2.45) is 0 Å². The minimum absolute atomic E-state index is 0.208. The molecule has 0 amide bonds. The van der Waals surface area contributed by atoms with Crippen molar-refractivity contribution in [2.45, 2.75) is 19.9 Å². The summed E-state index contributed by atoms with van der Waals surface area (Å²) in [6, 6.07) is 6.39. The van der Waals surface area contributed by atoms with Crippen molar-refractivity contribution in [3.63, 3.8) is 0 Å². The fraction of sp³-hybridized carbons (Fsp3) is 0.364. The summed E-state index contributed by atoms with van der Waals surface area (Å²) in [6.07, 6.45) is 0. The number of rotatable bonds is 3. The normalized spacial score (nSPS) is 16.9. The average molecular weight is 180 g/mol. The van der Waals surface area contributed by atoms with Gasteiger partial charge >= 0.3 is 0 Å². The number of Topliss-reactive ketones (excluding diaryl/α,β-unsaturated/α-hetero) is 1. The van der Waals surface area contributed by atoms with Crippen LogP contribution >= 0.6 is 0 Å². The predicted octanol–water partition coefficient (Wildman–Crippen LogP) is 1.79. The molecule has 1 atom stereocenters. The molecule has 70 valence electrons. The van der Waals surface area contributed by atoms with Crippen LogP contribution in [0.15, 0.2) is 24.3 Å². The van der Waals surface area contributed by atoms with E-state index in [1.54, 1.807) is 25.1 Å². The molecule has 1 N–H and O–H groups in total. The Morgan fingerprint density at radius 1 is 1.62 bits per heavy atom. The Kier molecular flexibility index (Phi) is 2.04. The van der Waals surface area contributed by atoms with Crippen LogP contribution in [0, 0.1) is 6.92 Å². The zero-order chi connectivity index (χ0) is 12.3. The van der Waals surface area contributed by atoms with E-state index in [1.165, 1.54) is 0 Å². The van der Waals surface area contributed by atoms with Gasteiger partial charge in [-0.1, -0.05) is 23.8 Å². The molecular weight excluding hydrogens is 162 g/mol. The van der Waals surface area contributed by atoms with E-state index < -0.39 is 13.0 Å². The maximum Gasteiger partial charge on any atom is 0.179 e. The maximum atomic E-state index is 11.9. The highest BCUT2D eigenvalue weighted by atomic mass is 16.1. The molecule has 1 unspecified atom stereocenters. The van der Waals surface area contributed by atoms with Gasteiger partial charge in [0.2, 0.25) is 0 Å². The number of nitrogens with one attached hydrogen (secondary N) is 1. The standard InChI is InChI=1S/C11H15NO/c1-8-5-4-6-10(7-8)11(13)9(2)12-3/h4-7,9,12H,1-3H3/i3D3. The number of hydrogen-bond donors (Lipinski definition) is 1. The van der Waals surface area contributed by atoms with Crippen molar-refractivity contribution in [2.75, 3.05) is 6.98 Å². The van der Waals surface area contributed by atoms with Crippen molar-refractivity contribution >= 4 is 5.78 Å². The molecular formula is C11H15NO. The van der Waals surface area contributed by atoms with Gasteiger partial charge in [0.1, 0.15) is 0 Å². The maximum absolute atomic E-state index is 11.9. The summed E-state index contributed by atoms with van der Waals surface area (Å²) in [5, 5.41) is 2.29. The van der Waals surface area contributed by atoms with Crippen molar-refractivity contribution in [3.05, 3.63) is 35.4 Å². The van der Waals surface area contributed by atoms with E-state index in [0.717, 1.165) is 5.56 Å². The van der Waals surface area contributed by atoms with Crippen molar-refractivity contribution < 1.29 is 8.91 Å². The van der Waals surface area contributed by atoms with Gasteiger partial charge in [0.25, 0.3) is 0 Å². The number of aryl methyl sites for hydroxylation is 1. The Labute approximate surface area is 83.2 Å². The first-order valence-electron chi connectivity index (χ1n) is 5.68. The minimum atomic E-state index is -2.29. The van der Waals surface area contributed by atoms with Gasteiger partial charge in [-0.05, 0) is 26.9 Å². The highest BCUT2D eigenvalue weighted by Crippen LogP contribution is 2.06. The third-order valence-electron chi connectivity index (χ3n) is 1.91. The number of hydrogen-bond acceptors (Lipinski definition) is 2. The van der Waals surface area contributed by atoms with Crippen molar-refractivity contribution in [1.82, 2.24) is 5.32 Å².